The first-order chi connectivity index (χ1) is 20.3. The van der Waals surface area contributed by atoms with Gasteiger partial charge in [0.1, 0.15) is 10.6 Å². The quantitative estimate of drug-likeness (QED) is 0.468. The summed E-state index contributed by atoms with van der Waals surface area (Å²) in [6, 6.07) is 14.0. The Kier molecular flexibility index (Phi) is 6.58. The highest BCUT2D eigenvalue weighted by molar-refractivity contribution is 8.62. The lowest BCUT2D eigenvalue weighted by molar-refractivity contribution is -0.142. The molecule has 2 aromatic rings. The molecule has 0 saturated carbocycles. The van der Waals surface area contributed by atoms with E-state index in [1.807, 2.05) is 18.2 Å². The molecular weight excluding hydrogens is 566 g/mol. The van der Waals surface area contributed by atoms with Crippen molar-refractivity contribution in [3.8, 4) is 5.75 Å². The van der Waals surface area contributed by atoms with Crippen molar-refractivity contribution >= 4 is 44.2 Å². The summed E-state index contributed by atoms with van der Waals surface area (Å²) in [7, 11) is -6.49. The molecule has 220 valence electrons. The first-order valence-electron chi connectivity index (χ1n) is 13.5. The number of hydrogen-bond acceptors (Lipinski definition) is 11. The van der Waals surface area contributed by atoms with Crippen molar-refractivity contribution in [2.45, 2.75) is 30.7 Å². The van der Waals surface area contributed by atoms with Gasteiger partial charge in [-0.2, -0.15) is 0 Å². The van der Waals surface area contributed by atoms with Crippen LogP contribution < -0.4 is 10.1 Å². The molecule has 1 N–H and O–H groups in total. The van der Waals surface area contributed by atoms with E-state index in [9.17, 15) is 19.2 Å². The molecule has 0 aliphatic carbocycles. The van der Waals surface area contributed by atoms with Crippen LogP contribution in [0.2, 0.25) is 0 Å². The molecule has 0 unspecified atom stereocenters. The third-order valence-corrected chi connectivity index (χ3v) is 11.6. The number of benzene rings is 2. The number of likely N-dealkylation sites (tertiary alicyclic amines) is 1. The second-order valence-corrected chi connectivity index (χ2v) is 13.9. The highest BCUT2D eigenvalue weighted by Crippen LogP contribution is 3.00. The number of hydrogen-bond donors (Lipinski definition) is 1. The molecule has 0 radical (unpaired) electrons. The molecular formula is C29H29N3O9S. The molecule has 2 aromatic carbocycles. The SMILES string of the molecule is O=C1C=CC(=O)OS23(O1)(OC(=O)C=CC(=O)O2)C(=NCCCOc1cccc(CN2CCCC2)c1)Nc1ccccc13. The zero-order valence-electron chi connectivity index (χ0n) is 22.6. The number of carbonyl (C=O) groups is 4. The summed E-state index contributed by atoms with van der Waals surface area (Å²) >= 11 is 0. The summed E-state index contributed by atoms with van der Waals surface area (Å²) in [5, 5.41) is 2.50. The number of anilines is 1. The van der Waals surface area contributed by atoms with E-state index in [-0.39, 0.29) is 23.7 Å². The Hall–Kier alpha value is -4.62. The second kappa shape index (κ2) is 10.0. The number of amidine groups is 1. The van der Waals surface area contributed by atoms with Gasteiger partial charge >= 0.3 is 23.9 Å². The second-order valence-electron chi connectivity index (χ2n) is 10.1. The summed E-state index contributed by atoms with van der Waals surface area (Å²) in [6.07, 6.45) is 5.95. The molecule has 6 rings (SSSR count). The normalized spacial score (nSPS) is 24.1. The molecule has 4 aliphatic heterocycles. The molecule has 4 heterocycles. The van der Waals surface area contributed by atoms with E-state index in [1.54, 1.807) is 12.1 Å². The van der Waals surface area contributed by atoms with Crippen LogP contribution in [0.15, 0.2) is 82.7 Å². The van der Waals surface area contributed by atoms with Gasteiger partial charge in [-0.1, -0.05) is 24.3 Å². The van der Waals surface area contributed by atoms with E-state index in [1.165, 1.54) is 25.0 Å². The molecule has 1 fully saturated rings. The number of fused-ring (bicyclic) bond motifs is 1. The Labute approximate surface area is 241 Å². The van der Waals surface area contributed by atoms with Gasteiger partial charge in [0.15, 0.2) is 0 Å². The minimum atomic E-state index is -6.49. The van der Waals surface area contributed by atoms with Crippen molar-refractivity contribution in [2.24, 2.45) is 4.99 Å². The molecule has 4 aliphatic rings. The number of rotatable bonds is 7. The van der Waals surface area contributed by atoms with E-state index in [4.69, 9.17) is 21.5 Å². The first kappa shape index (κ1) is 27.5. The van der Waals surface area contributed by atoms with Gasteiger partial charge in [0.25, 0.3) is 5.17 Å². The van der Waals surface area contributed by atoms with Crippen LogP contribution in [0.25, 0.3) is 0 Å². The fourth-order valence-corrected chi connectivity index (χ4v) is 9.80. The van der Waals surface area contributed by atoms with Gasteiger partial charge in [-0.05, 0) is 55.8 Å². The monoisotopic (exact) mass is 595 g/mol. The van der Waals surface area contributed by atoms with Crippen LogP contribution in [0.1, 0.15) is 24.8 Å². The van der Waals surface area contributed by atoms with Gasteiger partial charge in [-0.3, -0.25) is 9.89 Å². The molecule has 1 spiro atoms. The Bertz CT molecular complexity index is 1490. The Morgan fingerprint density at radius 3 is 2.07 bits per heavy atom. The third-order valence-electron chi connectivity index (χ3n) is 7.12. The van der Waals surface area contributed by atoms with Gasteiger partial charge in [0, 0.05) is 43.8 Å². The fraction of sp³-hybridized carbons (Fsp3) is 0.276. The van der Waals surface area contributed by atoms with Gasteiger partial charge in [0.05, 0.1) is 12.3 Å². The fourth-order valence-electron chi connectivity index (χ4n) is 5.38. The van der Waals surface area contributed by atoms with Crippen molar-refractivity contribution in [3.63, 3.8) is 0 Å². The average Bonchev–Trinajstić information content (AvgIpc) is 3.48. The van der Waals surface area contributed by atoms with Crippen molar-refractivity contribution in [1.29, 1.82) is 0 Å². The van der Waals surface area contributed by atoms with Crippen LogP contribution >= 0.6 is 9.42 Å². The molecule has 13 heteroatoms. The van der Waals surface area contributed by atoms with Crippen LogP contribution in [0.3, 0.4) is 0 Å². The highest BCUT2D eigenvalue weighted by atomic mass is 32.4. The zero-order chi connectivity index (χ0) is 29.3. The van der Waals surface area contributed by atoms with Gasteiger partial charge in [0.2, 0.25) is 9.42 Å². The van der Waals surface area contributed by atoms with E-state index < -0.39 is 38.5 Å². The zero-order valence-corrected chi connectivity index (χ0v) is 23.4. The molecule has 12 nitrogen and oxygen atoms in total. The summed E-state index contributed by atoms with van der Waals surface area (Å²) in [5.74, 6) is -3.87. The smallest absolute Gasteiger partial charge is 0.348 e. The third kappa shape index (κ3) is 4.41. The van der Waals surface area contributed by atoms with Crippen LogP contribution in [0.5, 0.6) is 5.75 Å². The summed E-state index contributed by atoms with van der Waals surface area (Å²) in [4.78, 5) is 58.7. The van der Waals surface area contributed by atoms with Gasteiger partial charge < -0.3 is 26.8 Å². The largest absolute Gasteiger partial charge is 0.494 e. The maximum absolute atomic E-state index is 13.0. The number of ether oxygens (including phenoxy) is 1. The van der Waals surface area contributed by atoms with E-state index in [0.717, 1.165) is 49.5 Å². The number of para-hydroxylation sites is 1. The lowest BCUT2D eigenvalue weighted by Crippen LogP contribution is -2.53. The van der Waals surface area contributed by atoms with E-state index in [2.05, 4.69) is 21.3 Å². The predicted molar refractivity (Wildman–Crippen MR) is 152 cm³/mol. The lowest BCUT2D eigenvalue weighted by Gasteiger charge is -2.67. The first-order valence-corrected chi connectivity index (χ1v) is 15.7. The van der Waals surface area contributed by atoms with Crippen molar-refractivity contribution < 1.29 is 40.6 Å². The van der Waals surface area contributed by atoms with E-state index in [0.29, 0.717) is 12.2 Å². The number of nitrogens with one attached hydrogen (secondary N) is 1. The maximum Gasteiger partial charge on any atom is 0.348 e. The van der Waals surface area contributed by atoms with E-state index >= 15 is 0 Å². The van der Waals surface area contributed by atoms with Gasteiger partial charge in [-0.25, -0.2) is 19.2 Å². The van der Waals surface area contributed by atoms with Crippen LogP contribution in [0, 0.1) is 0 Å². The van der Waals surface area contributed by atoms with Crippen LogP contribution in [-0.2, 0) is 42.5 Å². The van der Waals surface area contributed by atoms with Crippen molar-refractivity contribution in [3.05, 3.63) is 78.4 Å². The summed E-state index contributed by atoms with van der Waals surface area (Å²) in [6.45, 7) is 3.33. The molecule has 0 aromatic heterocycles. The summed E-state index contributed by atoms with van der Waals surface area (Å²) < 4.78 is 29.1. The molecule has 0 atom stereocenters. The number of aliphatic imine (C=N–C) groups is 1. The lowest BCUT2D eigenvalue weighted by atomic mass is 10.2. The standard InChI is InChI=1S/C29H29N3O9S/c33-25-11-12-26(34)39-42(38-25,40-27(35)13-14-28(36)41-42)24-10-2-1-9-23(24)31-29(42)30-15-6-18-37-22-8-5-7-21(19-22)20-32-16-3-4-17-32/h1-2,5,7-14,19H,3-4,6,15-18,20H2,(H,30,31). The van der Waals surface area contributed by atoms with Crippen molar-refractivity contribution in [2.75, 3.05) is 31.6 Å². The molecule has 0 amide bonds. The minimum absolute atomic E-state index is 0.0227. The Morgan fingerprint density at radius 2 is 1.43 bits per heavy atom. The van der Waals surface area contributed by atoms with Crippen LogP contribution in [-0.4, -0.2) is 60.2 Å². The van der Waals surface area contributed by atoms with Crippen molar-refractivity contribution in [1.82, 2.24) is 4.90 Å². The predicted octanol–water partition coefficient (Wildman–Crippen LogP) is 3.74. The number of nitrogens with zero attached hydrogens (tertiary/aromatic N) is 2. The Balaban J connectivity index is 1.31. The average molecular weight is 596 g/mol. The molecule has 1 saturated heterocycles. The maximum atomic E-state index is 13.0. The topological polar surface area (TPSA) is 142 Å². The highest BCUT2D eigenvalue weighted by Gasteiger charge is 2.83. The summed E-state index contributed by atoms with van der Waals surface area (Å²) in [5.41, 5.74) is 1.36. The molecule has 0 bridgehead atoms. The van der Waals surface area contributed by atoms with Gasteiger partial charge in [-0.15, -0.1) is 0 Å². The Morgan fingerprint density at radius 1 is 0.810 bits per heavy atom. The minimum Gasteiger partial charge on any atom is -0.494 e. The number of carbonyl (C=O) groups excluding carboxylic acids is 4. The van der Waals surface area contributed by atoms with Crippen LogP contribution in [0.4, 0.5) is 5.69 Å². The molecule has 42 heavy (non-hydrogen) atoms.